The fourth-order valence-corrected chi connectivity index (χ4v) is 4.39. The van der Waals surface area contributed by atoms with Gasteiger partial charge in [-0.15, -0.1) is 0 Å². The van der Waals surface area contributed by atoms with Crippen LogP contribution in [0.5, 0.6) is 0 Å². The van der Waals surface area contributed by atoms with Gasteiger partial charge in [-0.2, -0.15) is 0 Å². The van der Waals surface area contributed by atoms with Crippen molar-refractivity contribution in [3.05, 3.63) is 29.3 Å². The molecule has 23 heavy (non-hydrogen) atoms. The summed E-state index contributed by atoms with van der Waals surface area (Å²) >= 11 is 0. The number of anilines is 1. The zero-order chi connectivity index (χ0) is 16.4. The summed E-state index contributed by atoms with van der Waals surface area (Å²) in [6, 6.07) is 5.75. The highest BCUT2D eigenvalue weighted by atomic mass is 16.5. The van der Waals surface area contributed by atoms with Gasteiger partial charge in [0.05, 0.1) is 6.10 Å². The SMILES string of the molecule is CCOC1CC(NC(=O)c2cc(N)ccc2C)C12CCCCC2. The summed E-state index contributed by atoms with van der Waals surface area (Å²) < 4.78 is 5.96. The van der Waals surface area contributed by atoms with E-state index in [2.05, 4.69) is 12.2 Å². The van der Waals surface area contributed by atoms with Gasteiger partial charge in [0.15, 0.2) is 0 Å². The summed E-state index contributed by atoms with van der Waals surface area (Å²) in [6.45, 7) is 4.76. The molecule has 4 nitrogen and oxygen atoms in total. The average Bonchev–Trinajstić information content (AvgIpc) is 2.56. The Labute approximate surface area is 138 Å². The van der Waals surface area contributed by atoms with Crippen LogP contribution >= 0.6 is 0 Å². The molecule has 0 saturated heterocycles. The van der Waals surface area contributed by atoms with Gasteiger partial charge in [0, 0.05) is 29.3 Å². The summed E-state index contributed by atoms with van der Waals surface area (Å²) in [5.74, 6) is -0.000281. The van der Waals surface area contributed by atoms with Crippen LogP contribution in [0.1, 0.15) is 61.4 Å². The number of carbonyl (C=O) groups excluding carboxylic acids is 1. The van der Waals surface area contributed by atoms with Gasteiger partial charge in [0.1, 0.15) is 0 Å². The average molecular weight is 316 g/mol. The molecule has 1 amide bonds. The van der Waals surface area contributed by atoms with E-state index in [1.54, 1.807) is 6.07 Å². The molecule has 1 aromatic carbocycles. The molecule has 2 saturated carbocycles. The van der Waals surface area contributed by atoms with E-state index in [0.717, 1.165) is 18.6 Å². The Morgan fingerprint density at radius 2 is 2.09 bits per heavy atom. The van der Waals surface area contributed by atoms with Crippen molar-refractivity contribution in [1.29, 1.82) is 0 Å². The summed E-state index contributed by atoms with van der Waals surface area (Å²) in [7, 11) is 0. The van der Waals surface area contributed by atoms with Crippen molar-refractivity contribution < 1.29 is 9.53 Å². The maximum atomic E-state index is 12.7. The van der Waals surface area contributed by atoms with E-state index < -0.39 is 0 Å². The Bertz CT molecular complexity index is 579. The highest BCUT2D eigenvalue weighted by molar-refractivity contribution is 5.96. The molecule has 0 aromatic heterocycles. The van der Waals surface area contributed by atoms with Crippen LogP contribution in [0.3, 0.4) is 0 Å². The minimum Gasteiger partial charge on any atom is -0.399 e. The summed E-state index contributed by atoms with van der Waals surface area (Å²) in [5.41, 5.74) is 8.28. The molecular weight excluding hydrogens is 288 g/mol. The lowest BCUT2D eigenvalue weighted by Gasteiger charge is -2.57. The third kappa shape index (κ3) is 2.97. The number of rotatable bonds is 4. The number of hydrogen-bond donors (Lipinski definition) is 2. The largest absolute Gasteiger partial charge is 0.399 e. The van der Waals surface area contributed by atoms with Crippen molar-refractivity contribution in [2.24, 2.45) is 5.41 Å². The predicted molar refractivity (Wildman–Crippen MR) is 92.4 cm³/mol. The van der Waals surface area contributed by atoms with Crippen molar-refractivity contribution in [2.45, 2.75) is 64.5 Å². The van der Waals surface area contributed by atoms with Crippen molar-refractivity contribution in [1.82, 2.24) is 5.32 Å². The Kier molecular flexibility index (Phi) is 4.62. The Morgan fingerprint density at radius 3 is 2.78 bits per heavy atom. The lowest BCUT2D eigenvalue weighted by atomic mass is 9.55. The number of aryl methyl sites for hydroxylation is 1. The maximum Gasteiger partial charge on any atom is 0.251 e. The van der Waals surface area contributed by atoms with Crippen LogP contribution in [-0.2, 0) is 4.74 Å². The molecule has 0 heterocycles. The topological polar surface area (TPSA) is 64.3 Å². The fourth-order valence-electron chi connectivity index (χ4n) is 4.39. The number of nitrogens with two attached hydrogens (primary N) is 1. The summed E-state index contributed by atoms with van der Waals surface area (Å²) in [5, 5.41) is 3.28. The monoisotopic (exact) mass is 316 g/mol. The van der Waals surface area contributed by atoms with Gasteiger partial charge in [0.2, 0.25) is 0 Å². The van der Waals surface area contributed by atoms with Crippen LogP contribution in [0.2, 0.25) is 0 Å². The minimum atomic E-state index is -0.000281. The number of hydrogen-bond acceptors (Lipinski definition) is 3. The molecule has 0 aliphatic heterocycles. The molecule has 2 unspecified atom stereocenters. The molecule has 0 bridgehead atoms. The fraction of sp³-hybridized carbons (Fsp3) is 0.632. The van der Waals surface area contributed by atoms with Crippen molar-refractivity contribution >= 4 is 11.6 Å². The number of nitrogens with one attached hydrogen (secondary N) is 1. The van der Waals surface area contributed by atoms with Crippen LogP contribution in [0.15, 0.2) is 18.2 Å². The van der Waals surface area contributed by atoms with Crippen LogP contribution < -0.4 is 11.1 Å². The quantitative estimate of drug-likeness (QED) is 0.836. The Hall–Kier alpha value is -1.55. The molecule has 1 spiro atoms. The second kappa shape index (κ2) is 6.52. The zero-order valence-corrected chi connectivity index (χ0v) is 14.2. The van der Waals surface area contributed by atoms with Gasteiger partial charge in [-0.3, -0.25) is 4.79 Å². The molecule has 2 aliphatic rings. The highest BCUT2D eigenvalue weighted by Crippen LogP contribution is 2.53. The Morgan fingerprint density at radius 1 is 1.35 bits per heavy atom. The lowest BCUT2D eigenvalue weighted by molar-refractivity contribution is -0.146. The third-order valence-corrected chi connectivity index (χ3v) is 5.75. The van der Waals surface area contributed by atoms with E-state index in [4.69, 9.17) is 10.5 Å². The third-order valence-electron chi connectivity index (χ3n) is 5.75. The zero-order valence-electron chi connectivity index (χ0n) is 14.2. The summed E-state index contributed by atoms with van der Waals surface area (Å²) in [6.07, 6.45) is 7.36. The molecule has 126 valence electrons. The standard InChI is InChI=1S/C19H28N2O2/c1-3-23-17-12-16(19(17)9-5-4-6-10-19)21-18(22)15-11-14(20)8-7-13(15)2/h7-8,11,16-17H,3-6,9-10,12,20H2,1-2H3,(H,21,22). The normalized spacial score (nSPS) is 25.8. The predicted octanol–water partition coefficient (Wildman–Crippen LogP) is 3.43. The van der Waals surface area contributed by atoms with Crippen molar-refractivity contribution in [2.75, 3.05) is 12.3 Å². The van der Waals surface area contributed by atoms with E-state index in [-0.39, 0.29) is 17.4 Å². The van der Waals surface area contributed by atoms with Gasteiger partial charge in [-0.05, 0) is 50.8 Å². The van der Waals surface area contributed by atoms with Crippen molar-refractivity contribution in [3.63, 3.8) is 0 Å². The number of carbonyl (C=O) groups is 1. The highest BCUT2D eigenvalue weighted by Gasteiger charge is 2.56. The molecule has 4 heteroatoms. The van der Waals surface area contributed by atoms with Gasteiger partial charge < -0.3 is 15.8 Å². The lowest BCUT2D eigenvalue weighted by Crippen LogP contribution is -2.65. The Balaban J connectivity index is 1.74. The second-order valence-corrected chi connectivity index (χ2v) is 7.07. The first-order valence-electron chi connectivity index (χ1n) is 8.85. The molecule has 3 N–H and O–H groups in total. The maximum absolute atomic E-state index is 12.7. The molecule has 2 atom stereocenters. The molecule has 0 radical (unpaired) electrons. The number of ether oxygens (including phenoxy) is 1. The first-order valence-corrected chi connectivity index (χ1v) is 8.85. The van der Waals surface area contributed by atoms with Crippen molar-refractivity contribution in [3.8, 4) is 0 Å². The van der Waals surface area contributed by atoms with Crippen LogP contribution in [0.25, 0.3) is 0 Å². The molecule has 2 fully saturated rings. The minimum absolute atomic E-state index is 0.000281. The van der Waals surface area contributed by atoms with Gasteiger partial charge in [-0.25, -0.2) is 0 Å². The number of benzene rings is 1. The van der Waals surface area contributed by atoms with E-state index in [1.165, 1.54) is 32.1 Å². The smallest absolute Gasteiger partial charge is 0.251 e. The molecule has 2 aliphatic carbocycles. The number of nitrogen functional groups attached to an aromatic ring is 1. The molecular formula is C19H28N2O2. The van der Waals surface area contributed by atoms with Crippen LogP contribution in [-0.4, -0.2) is 24.7 Å². The molecule has 1 aromatic rings. The summed E-state index contributed by atoms with van der Waals surface area (Å²) in [4.78, 5) is 12.7. The number of amides is 1. The van der Waals surface area contributed by atoms with E-state index in [1.807, 2.05) is 19.1 Å². The van der Waals surface area contributed by atoms with E-state index in [9.17, 15) is 4.79 Å². The van der Waals surface area contributed by atoms with Crippen LogP contribution in [0.4, 0.5) is 5.69 Å². The van der Waals surface area contributed by atoms with E-state index >= 15 is 0 Å². The second-order valence-electron chi connectivity index (χ2n) is 7.07. The van der Waals surface area contributed by atoms with E-state index in [0.29, 0.717) is 17.4 Å². The van der Waals surface area contributed by atoms with Gasteiger partial charge in [-0.1, -0.05) is 25.3 Å². The van der Waals surface area contributed by atoms with Crippen LogP contribution in [0, 0.1) is 12.3 Å². The first-order chi connectivity index (χ1) is 11.1. The van der Waals surface area contributed by atoms with Gasteiger partial charge in [0.25, 0.3) is 5.91 Å². The van der Waals surface area contributed by atoms with Gasteiger partial charge >= 0.3 is 0 Å². The first kappa shape index (κ1) is 16.3. The molecule has 3 rings (SSSR count).